The van der Waals surface area contributed by atoms with E-state index in [0.29, 0.717) is 0 Å². The molecule has 2 amide bonds. The summed E-state index contributed by atoms with van der Waals surface area (Å²) in [5.74, 6) is -1.77. The number of hydrogen-bond acceptors (Lipinski definition) is 4. The summed E-state index contributed by atoms with van der Waals surface area (Å²) in [7, 11) is -4.04. The number of rotatable bonds is 10. The van der Waals surface area contributed by atoms with Crippen molar-refractivity contribution in [3.05, 3.63) is 101 Å². The van der Waals surface area contributed by atoms with Crippen molar-refractivity contribution in [1.29, 1.82) is 0 Å². The van der Waals surface area contributed by atoms with Gasteiger partial charge in [0.25, 0.3) is 0 Å². The number of aryl methyl sites for hydroxylation is 1. The first-order valence-corrected chi connectivity index (χ1v) is 14.5. The van der Waals surface area contributed by atoms with Gasteiger partial charge in [-0.3, -0.25) is 13.9 Å². The van der Waals surface area contributed by atoms with Gasteiger partial charge < -0.3 is 10.2 Å². The van der Waals surface area contributed by atoms with Crippen LogP contribution in [0.2, 0.25) is 0 Å². The predicted octanol–water partition coefficient (Wildman–Crippen LogP) is 4.45. The van der Waals surface area contributed by atoms with Crippen LogP contribution in [0.15, 0.2) is 78.9 Å². The Morgan fingerprint density at radius 3 is 2.10 bits per heavy atom. The largest absolute Gasteiger partial charge is 0.350 e. The maximum absolute atomic E-state index is 14.7. The quantitative estimate of drug-likeness (QED) is 0.402. The summed E-state index contributed by atoms with van der Waals surface area (Å²) >= 11 is 0. The van der Waals surface area contributed by atoms with Gasteiger partial charge in [-0.2, -0.15) is 0 Å². The molecule has 0 aliphatic heterocycles. The molecular formula is C30H36FN3O4S. The number of sulfonamides is 1. The molecule has 3 aromatic carbocycles. The minimum atomic E-state index is -4.04. The van der Waals surface area contributed by atoms with Crippen LogP contribution in [0.4, 0.5) is 10.1 Å². The molecule has 0 saturated heterocycles. The second-order valence-electron chi connectivity index (χ2n) is 10.6. The Bertz CT molecular complexity index is 1400. The van der Waals surface area contributed by atoms with Crippen molar-refractivity contribution in [1.82, 2.24) is 10.2 Å². The highest BCUT2D eigenvalue weighted by molar-refractivity contribution is 7.92. The van der Waals surface area contributed by atoms with Crippen LogP contribution in [0.1, 0.15) is 37.5 Å². The van der Waals surface area contributed by atoms with E-state index in [-0.39, 0.29) is 24.6 Å². The van der Waals surface area contributed by atoms with Crippen LogP contribution in [0.25, 0.3) is 0 Å². The molecule has 0 aliphatic carbocycles. The highest BCUT2D eigenvalue weighted by Crippen LogP contribution is 2.23. The molecule has 0 aliphatic rings. The van der Waals surface area contributed by atoms with Crippen LogP contribution in [-0.4, -0.2) is 49.5 Å². The molecule has 7 nitrogen and oxygen atoms in total. The lowest BCUT2D eigenvalue weighted by molar-refractivity contribution is -0.140. The number of amides is 2. The van der Waals surface area contributed by atoms with E-state index in [1.807, 2.05) is 82.3 Å². The summed E-state index contributed by atoms with van der Waals surface area (Å²) in [6, 6.07) is 21.2. The monoisotopic (exact) mass is 553 g/mol. The lowest BCUT2D eigenvalue weighted by atomic mass is 10.00. The Hall–Kier alpha value is -3.72. The first kappa shape index (κ1) is 29.8. The van der Waals surface area contributed by atoms with E-state index in [0.717, 1.165) is 33.3 Å². The van der Waals surface area contributed by atoms with E-state index in [9.17, 15) is 22.4 Å². The predicted molar refractivity (Wildman–Crippen MR) is 152 cm³/mol. The second-order valence-corrected chi connectivity index (χ2v) is 12.5. The second kappa shape index (κ2) is 12.4. The van der Waals surface area contributed by atoms with Crippen molar-refractivity contribution in [3.8, 4) is 0 Å². The van der Waals surface area contributed by atoms with Gasteiger partial charge in [0.1, 0.15) is 18.4 Å². The first-order chi connectivity index (χ1) is 18.3. The number of para-hydroxylation sites is 1. The Morgan fingerprint density at radius 1 is 0.923 bits per heavy atom. The Kier molecular flexibility index (Phi) is 9.50. The maximum atomic E-state index is 14.7. The normalized spacial score (nSPS) is 12.5. The molecule has 39 heavy (non-hydrogen) atoms. The van der Waals surface area contributed by atoms with Gasteiger partial charge in [-0.1, -0.05) is 66.7 Å². The van der Waals surface area contributed by atoms with Gasteiger partial charge in [0, 0.05) is 18.5 Å². The number of hydrogen-bond donors (Lipinski definition) is 1. The average Bonchev–Trinajstić information content (AvgIpc) is 2.85. The SMILES string of the molecule is Cc1ccccc1CN(C(=O)CN(c1ccccc1F)S(C)(=O)=O)C(Cc1ccccc1)C(=O)NC(C)(C)C. The van der Waals surface area contributed by atoms with E-state index in [4.69, 9.17) is 0 Å². The van der Waals surface area contributed by atoms with Gasteiger partial charge in [0.05, 0.1) is 11.9 Å². The highest BCUT2D eigenvalue weighted by Gasteiger charge is 2.34. The third-order valence-electron chi connectivity index (χ3n) is 6.17. The molecule has 0 spiro atoms. The Balaban J connectivity index is 2.10. The van der Waals surface area contributed by atoms with Gasteiger partial charge in [-0.05, 0) is 56.5 Å². The molecule has 0 bridgehead atoms. The number of halogens is 1. The molecule has 0 saturated carbocycles. The van der Waals surface area contributed by atoms with Crippen molar-refractivity contribution >= 4 is 27.5 Å². The Morgan fingerprint density at radius 2 is 1.51 bits per heavy atom. The number of carbonyl (C=O) groups is 2. The van der Waals surface area contributed by atoms with Gasteiger partial charge >= 0.3 is 0 Å². The average molecular weight is 554 g/mol. The molecule has 1 atom stereocenters. The maximum Gasteiger partial charge on any atom is 0.244 e. The van der Waals surface area contributed by atoms with Crippen LogP contribution in [0.5, 0.6) is 0 Å². The lowest BCUT2D eigenvalue weighted by Gasteiger charge is -2.35. The molecule has 9 heteroatoms. The van der Waals surface area contributed by atoms with Crippen LogP contribution < -0.4 is 9.62 Å². The van der Waals surface area contributed by atoms with Gasteiger partial charge in [0.15, 0.2) is 0 Å². The van der Waals surface area contributed by atoms with E-state index >= 15 is 0 Å². The van der Waals surface area contributed by atoms with Gasteiger partial charge in [-0.25, -0.2) is 12.8 Å². The molecule has 0 aromatic heterocycles. The first-order valence-electron chi connectivity index (χ1n) is 12.7. The van der Waals surface area contributed by atoms with Crippen molar-refractivity contribution in [2.24, 2.45) is 0 Å². The van der Waals surface area contributed by atoms with Crippen LogP contribution >= 0.6 is 0 Å². The zero-order valence-electron chi connectivity index (χ0n) is 23.0. The summed E-state index contributed by atoms with van der Waals surface area (Å²) in [4.78, 5) is 29.1. The third-order valence-corrected chi connectivity index (χ3v) is 7.30. The Labute approximate surface area is 230 Å². The minimum absolute atomic E-state index is 0.0649. The lowest BCUT2D eigenvalue weighted by Crippen LogP contribution is -2.56. The summed E-state index contributed by atoms with van der Waals surface area (Å²) in [6.07, 6.45) is 1.13. The molecule has 0 radical (unpaired) electrons. The fourth-order valence-corrected chi connectivity index (χ4v) is 5.08. The molecule has 3 aromatic rings. The number of carbonyl (C=O) groups excluding carboxylic acids is 2. The van der Waals surface area contributed by atoms with Crippen LogP contribution in [-0.2, 0) is 32.6 Å². The van der Waals surface area contributed by atoms with Gasteiger partial charge in [-0.15, -0.1) is 0 Å². The van der Waals surface area contributed by atoms with Crippen LogP contribution in [0.3, 0.4) is 0 Å². The summed E-state index contributed by atoms with van der Waals surface area (Å²) < 4.78 is 40.9. The van der Waals surface area contributed by atoms with Crippen LogP contribution in [0, 0.1) is 12.7 Å². The third kappa shape index (κ3) is 8.38. The summed E-state index contributed by atoms with van der Waals surface area (Å²) in [5, 5.41) is 2.97. The highest BCUT2D eigenvalue weighted by atomic mass is 32.2. The number of anilines is 1. The van der Waals surface area contributed by atoms with E-state index in [1.165, 1.54) is 23.1 Å². The molecule has 1 N–H and O–H groups in total. The fraction of sp³-hybridized carbons (Fsp3) is 0.333. The zero-order chi connectivity index (χ0) is 28.8. The molecule has 1 unspecified atom stereocenters. The van der Waals surface area contributed by atoms with E-state index < -0.39 is 39.9 Å². The van der Waals surface area contributed by atoms with E-state index in [1.54, 1.807) is 0 Å². The molecule has 3 rings (SSSR count). The minimum Gasteiger partial charge on any atom is -0.350 e. The number of nitrogens with one attached hydrogen (secondary N) is 1. The number of nitrogens with zero attached hydrogens (tertiary/aromatic N) is 2. The zero-order valence-corrected chi connectivity index (χ0v) is 23.8. The fourth-order valence-electron chi connectivity index (χ4n) is 4.23. The molecule has 0 fully saturated rings. The van der Waals surface area contributed by atoms with Crippen molar-refractivity contribution in [2.45, 2.75) is 52.2 Å². The summed E-state index contributed by atoms with van der Waals surface area (Å²) in [5.41, 5.74) is 1.75. The van der Waals surface area contributed by atoms with E-state index in [2.05, 4.69) is 5.32 Å². The molecular weight excluding hydrogens is 517 g/mol. The smallest absolute Gasteiger partial charge is 0.244 e. The van der Waals surface area contributed by atoms with Crippen molar-refractivity contribution < 1.29 is 22.4 Å². The summed E-state index contributed by atoms with van der Waals surface area (Å²) in [6.45, 7) is 6.85. The van der Waals surface area contributed by atoms with Crippen molar-refractivity contribution in [3.63, 3.8) is 0 Å². The topological polar surface area (TPSA) is 86.8 Å². The standard InChI is InChI=1S/C30H36FN3O4S/c1-22-13-9-10-16-24(22)20-33(27(29(36)32-30(2,3)4)19-23-14-7-6-8-15-23)28(35)21-34(39(5,37)38)26-18-12-11-17-25(26)31/h6-18,27H,19-21H2,1-5H3,(H,32,36). The number of benzene rings is 3. The molecule has 0 heterocycles. The molecule has 208 valence electrons. The van der Waals surface area contributed by atoms with Gasteiger partial charge in [0.2, 0.25) is 21.8 Å². The van der Waals surface area contributed by atoms with Crippen molar-refractivity contribution in [2.75, 3.05) is 17.1 Å².